The largest absolute Gasteiger partial charge is 0.543 e. The van der Waals surface area contributed by atoms with Crippen LogP contribution in [0, 0.1) is 0 Å². The third-order valence-corrected chi connectivity index (χ3v) is 2.45. The monoisotopic (exact) mass is 193 g/mol. The molecule has 1 aromatic rings. The Kier molecular flexibility index (Phi) is 2.91. The van der Waals surface area contributed by atoms with Gasteiger partial charge in [-0.25, -0.2) is 0 Å². The van der Waals surface area contributed by atoms with Crippen LogP contribution in [0.5, 0.6) is 0 Å². The minimum Gasteiger partial charge on any atom is -0.543 e. The highest BCUT2D eigenvalue weighted by Gasteiger charge is 2.26. The van der Waals surface area contributed by atoms with Crippen molar-refractivity contribution in [3.8, 4) is 0 Å². The summed E-state index contributed by atoms with van der Waals surface area (Å²) in [4.78, 5) is 10.8. The normalized spacial score (nSPS) is 14.8. The molecule has 1 aromatic carbocycles. The van der Waals surface area contributed by atoms with Crippen LogP contribution in [0.3, 0.4) is 0 Å². The third kappa shape index (κ3) is 1.93. The number of aliphatic carboxylic acids is 1. The Morgan fingerprint density at radius 3 is 2.29 bits per heavy atom. The number of aryl methyl sites for hydroxylation is 1. The molecule has 0 saturated carbocycles. The molecule has 3 nitrogen and oxygen atoms in total. The molecule has 0 radical (unpaired) electrons. The lowest BCUT2D eigenvalue weighted by Crippen LogP contribution is -2.75. The van der Waals surface area contributed by atoms with E-state index in [2.05, 4.69) is 12.7 Å². The molecule has 0 spiro atoms. The van der Waals surface area contributed by atoms with Gasteiger partial charge in [0.15, 0.2) is 5.54 Å². The molecular formula is C11H15NO2. The lowest BCUT2D eigenvalue weighted by Gasteiger charge is -2.22. The van der Waals surface area contributed by atoms with E-state index >= 15 is 0 Å². The Bertz CT molecular complexity index is 328. The van der Waals surface area contributed by atoms with Gasteiger partial charge in [0.2, 0.25) is 0 Å². The Labute approximate surface area is 83.6 Å². The van der Waals surface area contributed by atoms with Crippen LogP contribution in [0.2, 0.25) is 0 Å². The van der Waals surface area contributed by atoms with Crippen LogP contribution in [0.1, 0.15) is 25.0 Å². The molecule has 1 rings (SSSR count). The molecule has 0 amide bonds. The fourth-order valence-corrected chi connectivity index (χ4v) is 1.23. The van der Waals surface area contributed by atoms with Gasteiger partial charge in [-0.3, -0.25) is 0 Å². The fourth-order valence-electron chi connectivity index (χ4n) is 1.23. The summed E-state index contributed by atoms with van der Waals surface area (Å²) >= 11 is 0. The first-order valence-corrected chi connectivity index (χ1v) is 4.64. The molecule has 0 aliphatic carbocycles. The predicted octanol–water partition coefficient (Wildman–Crippen LogP) is -0.544. The van der Waals surface area contributed by atoms with Crippen LogP contribution in [0.25, 0.3) is 0 Å². The summed E-state index contributed by atoms with van der Waals surface area (Å²) in [7, 11) is 0. The molecular weight excluding hydrogens is 178 g/mol. The van der Waals surface area contributed by atoms with Gasteiger partial charge in [0.1, 0.15) is 5.97 Å². The van der Waals surface area contributed by atoms with Gasteiger partial charge in [0, 0.05) is 12.5 Å². The maximum Gasteiger partial charge on any atom is 0.157 e. The minimum atomic E-state index is -1.16. The smallest absolute Gasteiger partial charge is 0.157 e. The number of hydrogen-bond acceptors (Lipinski definition) is 2. The van der Waals surface area contributed by atoms with E-state index in [1.165, 1.54) is 5.56 Å². The van der Waals surface area contributed by atoms with Gasteiger partial charge in [0.05, 0.1) is 0 Å². The maximum absolute atomic E-state index is 10.8. The van der Waals surface area contributed by atoms with Crippen molar-refractivity contribution < 1.29 is 15.6 Å². The van der Waals surface area contributed by atoms with Crippen LogP contribution in [0.4, 0.5) is 0 Å². The topological polar surface area (TPSA) is 67.8 Å². The zero-order valence-corrected chi connectivity index (χ0v) is 8.54. The number of carboxylic acid groups (broad SMARTS) is 1. The summed E-state index contributed by atoms with van der Waals surface area (Å²) in [6, 6.07) is 7.42. The quantitative estimate of drug-likeness (QED) is 0.700. The number of carbonyl (C=O) groups excluding carboxylic acids is 1. The second kappa shape index (κ2) is 3.80. The molecule has 0 fully saturated rings. The lowest BCUT2D eigenvalue weighted by atomic mass is 9.92. The fraction of sp³-hybridized carbons (Fsp3) is 0.364. The molecule has 3 N–H and O–H groups in total. The van der Waals surface area contributed by atoms with Crippen molar-refractivity contribution in [1.29, 1.82) is 0 Å². The number of carbonyl (C=O) groups is 1. The standard InChI is InChI=1S/C11H15NO2/c1-3-8-4-6-9(7-5-8)11(2,12)10(13)14/h4-7H,3,12H2,1-2H3,(H,13,14)/t11-/m1/s1. The van der Waals surface area contributed by atoms with Gasteiger partial charge in [-0.1, -0.05) is 31.2 Å². The first-order chi connectivity index (χ1) is 6.48. The summed E-state index contributed by atoms with van der Waals surface area (Å²) < 4.78 is 0. The second-order valence-corrected chi connectivity index (χ2v) is 3.67. The predicted molar refractivity (Wildman–Crippen MR) is 51.1 cm³/mol. The van der Waals surface area contributed by atoms with E-state index in [0.717, 1.165) is 6.42 Å². The Balaban J connectivity index is 3.02. The first kappa shape index (κ1) is 10.7. The summed E-state index contributed by atoms with van der Waals surface area (Å²) in [5, 5.41) is 10.8. The highest BCUT2D eigenvalue weighted by Crippen LogP contribution is 2.15. The van der Waals surface area contributed by atoms with Gasteiger partial charge < -0.3 is 15.6 Å². The molecule has 0 aromatic heterocycles. The summed E-state index contributed by atoms with van der Waals surface area (Å²) in [5.74, 6) is -1.15. The van der Waals surface area contributed by atoms with Crippen molar-refractivity contribution in [2.45, 2.75) is 25.8 Å². The third-order valence-electron chi connectivity index (χ3n) is 2.45. The number of carboxylic acids is 1. The average molecular weight is 193 g/mol. The second-order valence-electron chi connectivity index (χ2n) is 3.67. The van der Waals surface area contributed by atoms with E-state index in [1.807, 2.05) is 12.1 Å². The molecule has 14 heavy (non-hydrogen) atoms. The van der Waals surface area contributed by atoms with Crippen LogP contribution in [-0.4, -0.2) is 5.97 Å². The summed E-state index contributed by atoms with van der Waals surface area (Å²) in [6.07, 6.45) is 0.944. The van der Waals surface area contributed by atoms with Crippen LogP contribution < -0.4 is 10.8 Å². The minimum absolute atomic E-state index is 0.676. The van der Waals surface area contributed by atoms with Gasteiger partial charge in [-0.2, -0.15) is 0 Å². The van der Waals surface area contributed by atoms with Crippen LogP contribution in [0.15, 0.2) is 24.3 Å². The van der Waals surface area contributed by atoms with Crippen molar-refractivity contribution in [3.63, 3.8) is 0 Å². The molecule has 76 valence electrons. The van der Waals surface area contributed by atoms with E-state index < -0.39 is 11.5 Å². The van der Waals surface area contributed by atoms with Crippen molar-refractivity contribution >= 4 is 5.97 Å². The average Bonchev–Trinajstić information content (AvgIpc) is 2.17. The number of quaternary nitrogens is 1. The summed E-state index contributed by atoms with van der Waals surface area (Å²) in [6.45, 7) is 3.60. The van der Waals surface area contributed by atoms with Crippen molar-refractivity contribution in [2.24, 2.45) is 0 Å². The molecule has 3 heteroatoms. The zero-order chi connectivity index (χ0) is 10.8. The van der Waals surface area contributed by atoms with Crippen molar-refractivity contribution in [1.82, 2.24) is 0 Å². The maximum atomic E-state index is 10.8. The molecule has 0 saturated heterocycles. The van der Waals surface area contributed by atoms with E-state index in [9.17, 15) is 9.90 Å². The molecule has 0 heterocycles. The van der Waals surface area contributed by atoms with E-state index in [1.54, 1.807) is 19.1 Å². The molecule has 0 aliphatic rings. The number of rotatable bonds is 3. The van der Waals surface area contributed by atoms with Crippen molar-refractivity contribution in [3.05, 3.63) is 35.4 Å². The number of benzene rings is 1. The van der Waals surface area contributed by atoms with Crippen LogP contribution >= 0.6 is 0 Å². The van der Waals surface area contributed by atoms with Gasteiger partial charge in [-0.05, 0) is 12.0 Å². The van der Waals surface area contributed by atoms with Gasteiger partial charge in [0.25, 0.3) is 0 Å². The molecule has 0 bridgehead atoms. The highest BCUT2D eigenvalue weighted by molar-refractivity contribution is 5.76. The van der Waals surface area contributed by atoms with Crippen molar-refractivity contribution in [2.75, 3.05) is 0 Å². The molecule has 0 aliphatic heterocycles. The molecule has 1 atom stereocenters. The Hall–Kier alpha value is -1.35. The first-order valence-electron chi connectivity index (χ1n) is 4.64. The molecule has 0 unspecified atom stereocenters. The van der Waals surface area contributed by atoms with Gasteiger partial charge in [-0.15, -0.1) is 0 Å². The summed E-state index contributed by atoms with van der Waals surface area (Å²) in [5.41, 5.74) is 4.33. The highest BCUT2D eigenvalue weighted by atomic mass is 16.4. The zero-order valence-electron chi connectivity index (χ0n) is 8.54. The SMILES string of the molecule is CCc1ccc([C@@](C)([NH3+])C(=O)[O-])cc1. The lowest BCUT2D eigenvalue weighted by molar-refractivity contribution is -0.489. The Morgan fingerprint density at radius 2 is 1.93 bits per heavy atom. The Morgan fingerprint density at radius 1 is 1.43 bits per heavy atom. The van der Waals surface area contributed by atoms with E-state index in [4.69, 9.17) is 0 Å². The number of hydrogen-bond donors (Lipinski definition) is 1. The van der Waals surface area contributed by atoms with Gasteiger partial charge >= 0.3 is 0 Å². The van der Waals surface area contributed by atoms with Crippen LogP contribution in [-0.2, 0) is 16.8 Å². The van der Waals surface area contributed by atoms with E-state index in [0.29, 0.717) is 5.56 Å². The van der Waals surface area contributed by atoms with E-state index in [-0.39, 0.29) is 0 Å².